The van der Waals surface area contributed by atoms with Crippen molar-refractivity contribution in [1.82, 2.24) is 4.90 Å². The highest BCUT2D eigenvalue weighted by atomic mass is 16.2. The fourth-order valence-electron chi connectivity index (χ4n) is 2.15. The topological polar surface area (TPSA) is 69.6 Å². The van der Waals surface area contributed by atoms with Crippen molar-refractivity contribution < 1.29 is 14.7 Å². The number of hydrogen-bond acceptors (Lipinski definition) is 3. The first-order chi connectivity index (χ1) is 10.2. The van der Waals surface area contributed by atoms with Crippen molar-refractivity contribution in [3.8, 4) is 11.8 Å². The van der Waals surface area contributed by atoms with Crippen LogP contribution in [0, 0.1) is 11.8 Å². The van der Waals surface area contributed by atoms with Gasteiger partial charge < -0.3 is 15.3 Å². The predicted octanol–water partition coefficient (Wildman–Crippen LogP) is 0.981. The third kappa shape index (κ3) is 4.33. The van der Waals surface area contributed by atoms with E-state index in [1.54, 1.807) is 17.0 Å². The number of carbonyl (C=O) groups is 2. The Morgan fingerprint density at radius 2 is 2.19 bits per heavy atom. The number of anilines is 1. The molecular formula is C16H18N2O3. The molecule has 5 nitrogen and oxygen atoms in total. The zero-order valence-electron chi connectivity index (χ0n) is 11.8. The quantitative estimate of drug-likeness (QED) is 0.811. The molecule has 110 valence electrons. The number of aliphatic hydroxyl groups excluding tert-OH is 1. The number of para-hydroxylation sites is 1. The molecule has 1 aliphatic rings. The van der Waals surface area contributed by atoms with Crippen molar-refractivity contribution in [3.05, 3.63) is 29.8 Å². The van der Waals surface area contributed by atoms with Crippen LogP contribution in [-0.2, 0) is 9.59 Å². The second-order valence-corrected chi connectivity index (χ2v) is 4.79. The van der Waals surface area contributed by atoms with Gasteiger partial charge in [-0.3, -0.25) is 9.59 Å². The minimum Gasteiger partial charge on any atom is -0.395 e. The number of likely N-dealkylation sites (tertiary alicyclic amines) is 1. The van der Waals surface area contributed by atoms with Crippen LogP contribution in [0.15, 0.2) is 24.3 Å². The van der Waals surface area contributed by atoms with Crippen molar-refractivity contribution in [2.45, 2.75) is 19.3 Å². The standard InChI is InChI=1S/C16H18N2O3/c19-11-4-3-7-13-6-1-2-8-14(13)17-15(20)12-18-10-5-9-16(18)21/h1-2,6,8,19H,4-5,9-12H2,(H,17,20). The smallest absolute Gasteiger partial charge is 0.244 e. The van der Waals surface area contributed by atoms with Gasteiger partial charge in [-0.2, -0.15) is 0 Å². The number of benzene rings is 1. The summed E-state index contributed by atoms with van der Waals surface area (Å²) >= 11 is 0. The number of carbonyl (C=O) groups excluding carboxylic acids is 2. The zero-order valence-corrected chi connectivity index (χ0v) is 11.8. The van der Waals surface area contributed by atoms with Crippen LogP contribution in [0.1, 0.15) is 24.8 Å². The van der Waals surface area contributed by atoms with Crippen LogP contribution >= 0.6 is 0 Å². The Morgan fingerprint density at radius 3 is 2.90 bits per heavy atom. The molecule has 0 bridgehead atoms. The fourth-order valence-corrected chi connectivity index (χ4v) is 2.15. The average molecular weight is 286 g/mol. The van der Waals surface area contributed by atoms with Crippen LogP contribution in [0.5, 0.6) is 0 Å². The third-order valence-corrected chi connectivity index (χ3v) is 3.17. The molecule has 2 rings (SSSR count). The SMILES string of the molecule is O=C(CN1CCCC1=O)Nc1ccccc1C#CCCO. The molecule has 2 amide bonds. The Labute approximate surface area is 124 Å². The van der Waals surface area contributed by atoms with Gasteiger partial charge in [-0.1, -0.05) is 24.0 Å². The summed E-state index contributed by atoms with van der Waals surface area (Å²) in [6, 6.07) is 7.23. The summed E-state index contributed by atoms with van der Waals surface area (Å²) in [5, 5.41) is 11.5. The van der Waals surface area contributed by atoms with E-state index in [4.69, 9.17) is 5.11 Å². The normalized spacial score (nSPS) is 13.8. The number of rotatable bonds is 4. The monoisotopic (exact) mass is 286 g/mol. The largest absolute Gasteiger partial charge is 0.395 e. The van der Waals surface area contributed by atoms with Crippen LogP contribution in [0.4, 0.5) is 5.69 Å². The second-order valence-electron chi connectivity index (χ2n) is 4.79. The van der Waals surface area contributed by atoms with Gasteiger partial charge in [0.15, 0.2) is 0 Å². The number of amides is 2. The van der Waals surface area contributed by atoms with Crippen LogP contribution in [0.25, 0.3) is 0 Å². The maximum absolute atomic E-state index is 12.0. The molecule has 1 heterocycles. The number of nitrogens with zero attached hydrogens (tertiary/aromatic N) is 1. The molecule has 0 unspecified atom stereocenters. The summed E-state index contributed by atoms with van der Waals surface area (Å²) in [4.78, 5) is 25.1. The molecule has 0 aromatic heterocycles. The molecule has 21 heavy (non-hydrogen) atoms. The maximum Gasteiger partial charge on any atom is 0.244 e. The van der Waals surface area contributed by atoms with Gasteiger partial charge in [-0.25, -0.2) is 0 Å². The van der Waals surface area contributed by atoms with E-state index < -0.39 is 0 Å². The summed E-state index contributed by atoms with van der Waals surface area (Å²) in [7, 11) is 0. The molecule has 2 N–H and O–H groups in total. The minimum atomic E-state index is -0.221. The summed E-state index contributed by atoms with van der Waals surface area (Å²) in [5.74, 6) is 5.55. The highest BCUT2D eigenvalue weighted by molar-refractivity contribution is 5.95. The highest BCUT2D eigenvalue weighted by Gasteiger charge is 2.22. The van der Waals surface area contributed by atoms with Gasteiger partial charge in [0.25, 0.3) is 0 Å². The number of nitrogens with one attached hydrogen (secondary N) is 1. The van der Waals surface area contributed by atoms with Crippen molar-refractivity contribution in [1.29, 1.82) is 0 Å². The van der Waals surface area contributed by atoms with Crippen LogP contribution < -0.4 is 5.32 Å². The van der Waals surface area contributed by atoms with E-state index in [2.05, 4.69) is 17.2 Å². The maximum atomic E-state index is 12.0. The van der Waals surface area contributed by atoms with E-state index in [0.29, 0.717) is 30.6 Å². The van der Waals surface area contributed by atoms with Gasteiger partial charge in [-0.05, 0) is 18.6 Å². The third-order valence-electron chi connectivity index (χ3n) is 3.17. The van der Waals surface area contributed by atoms with E-state index in [-0.39, 0.29) is 25.0 Å². The zero-order chi connectivity index (χ0) is 15.1. The van der Waals surface area contributed by atoms with E-state index in [9.17, 15) is 9.59 Å². The predicted molar refractivity (Wildman–Crippen MR) is 79.5 cm³/mol. The van der Waals surface area contributed by atoms with Crippen molar-refractivity contribution in [3.63, 3.8) is 0 Å². The van der Waals surface area contributed by atoms with Crippen molar-refractivity contribution in [2.75, 3.05) is 25.0 Å². The lowest BCUT2D eigenvalue weighted by Gasteiger charge is -2.15. The second kappa shape index (κ2) is 7.46. The van der Waals surface area contributed by atoms with E-state index in [0.717, 1.165) is 6.42 Å². The van der Waals surface area contributed by atoms with E-state index in [1.807, 2.05) is 12.1 Å². The first kappa shape index (κ1) is 15.1. The average Bonchev–Trinajstić information content (AvgIpc) is 2.86. The van der Waals surface area contributed by atoms with Gasteiger partial charge >= 0.3 is 0 Å². The first-order valence-electron chi connectivity index (χ1n) is 6.97. The Hall–Kier alpha value is -2.32. The molecule has 0 spiro atoms. The van der Waals surface area contributed by atoms with Crippen molar-refractivity contribution >= 4 is 17.5 Å². The molecule has 0 aliphatic carbocycles. The number of aliphatic hydroxyl groups is 1. The molecule has 0 atom stereocenters. The Balaban J connectivity index is 2.00. The molecule has 1 aromatic carbocycles. The molecule has 0 saturated carbocycles. The molecule has 5 heteroatoms. The molecule has 1 aromatic rings. The molecule has 1 fully saturated rings. The Kier molecular flexibility index (Phi) is 5.35. The molecule has 1 saturated heterocycles. The summed E-state index contributed by atoms with van der Waals surface area (Å²) < 4.78 is 0. The van der Waals surface area contributed by atoms with Crippen molar-refractivity contribution in [2.24, 2.45) is 0 Å². The lowest BCUT2D eigenvalue weighted by molar-refractivity contribution is -0.131. The molecule has 0 radical (unpaired) electrons. The van der Waals surface area contributed by atoms with Crippen LogP contribution in [-0.4, -0.2) is 41.5 Å². The molecule has 1 aliphatic heterocycles. The number of hydrogen-bond donors (Lipinski definition) is 2. The Morgan fingerprint density at radius 1 is 1.38 bits per heavy atom. The lowest BCUT2D eigenvalue weighted by Crippen LogP contribution is -2.34. The minimum absolute atomic E-state index is 0.0125. The van der Waals surface area contributed by atoms with Crippen LogP contribution in [0.2, 0.25) is 0 Å². The van der Waals surface area contributed by atoms with Gasteiger partial charge in [0.1, 0.15) is 0 Å². The van der Waals surface area contributed by atoms with Crippen LogP contribution in [0.3, 0.4) is 0 Å². The van der Waals surface area contributed by atoms with Gasteiger partial charge in [0, 0.05) is 24.9 Å². The fraction of sp³-hybridized carbons (Fsp3) is 0.375. The van der Waals surface area contributed by atoms with E-state index >= 15 is 0 Å². The van der Waals surface area contributed by atoms with Gasteiger partial charge in [-0.15, -0.1) is 0 Å². The van der Waals surface area contributed by atoms with Gasteiger partial charge in [0.05, 0.1) is 18.8 Å². The summed E-state index contributed by atoms with van der Waals surface area (Å²) in [6.45, 7) is 0.736. The Bertz CT molecular complexity index is 587. The summed E-state index contributed by atoms with van der Waals surface area (Å²) in [6.07, 6.45) is 1.73. The highest BCUT2D eigenvalue weighted by Crippen LogP contribution is 2.14. The summed E-state index contributed by atoms with van der Waals surface area (Å²) in [5.41, 5.74) is 1.33. The first-order valence-corrected chi connectivity index (χ1v) is 6.97. The van der Waals surface area contributed by atoms with E-state index in [1.165, 1.54) is 0 Å². The lowest BCUT2D eigenvalue weighted by atomic mass is 10.1. The van der Waals surface area contributed by atoms with Gasteiger partial charge in [0.2, 0.25) is 11.8 Å². The molecular weight excluding hydrogens is 268 g/mol.